The zero-order valence-corrected chi connectivity index (χ0v) is 30.5. The minimum Gasteiger partial charge on any atom is -0.493 e. The summed E-state index contributed by atoms with van der Waals surface area (Å²) in [4.78, 5) is 50.9. The topological polar surface area (TPSA) is 114 Å². The average Bonchev–Trinajstić information content (AvgIpc) is 3.06. The summed E-state index contributed by atoms with van der Waals surface area (Å²) >= 11 is 0. The zero-order valence-electron chi connectivity index (χ0n) is 30.5. The Hall–Kier alpha value is -3.66. The first kappa shape index (κ1) is 79.5. The third kappa shape index (κ3) is 43.7. The largest absolute Gasteiger partial charge is 0.493 e. The normalized spacial score (nSPS) is 11.0. The molecule has 0 aliphatic heterocycles. The van der Waals surface area contributed by atoms with Gasteiger partial charge in [-0.15, -0.1) is 19.7 Å². The second-order valence-electron chi connectivity index (χ2n) is 12.4. The zero-order chi connectivity index (χ0) is 36.1. The summed E-state index contributed by atoms with van der Waals surface area (Å²) in [7, 11) is 1.54. The summed E-state index contributed by atoms with van der Waals surface area (Å²) in [6.07, 6.45) is 12.6. The number of rotatable bonds is 31. The molecule has 0 saturated carbocycles. The van der Waals surface area contributed by atoms with Crippen molar-refractivity contribution in [2.24, 2.45) is 0 Å². The van der Waals surface area contributed by atoms with Crippen LogP contribution in [0.3, 0.4) is 0 Å². The Morgan fingerprint density at radius 3 is 1.36 bits per heavy atom. The predicted molar refractivity (Wildman–Crippen MR) is 261 cm³/mol. The summed E-state index contributed by atoms with van der Waals surface area (Å²) in [5, 5.41) is 0. The average molecular weight is 843 g/mol. The van der Waals surface area contributed by atoms with E-state index >= 15 is 0 Å². The molecular formula is C49H98BO9. The molecule has 0 amide bonds. The molecule has 4 atom stereocenters. The molecule has 10 heteroatoms. The van der Waals surface area contributed by atoms with Gasteiger partial charge in [-0.25, -0.2) is 0 Å². The second kappa shape index (κ2) is 52.4. The summed E-state index contributed by atoms with van der Waals surface area (Å²) in [6, 6.07) is 9.41. The molecule has 1 rings (SSSR count). The van der Waals surface area contributed by atoms with Crippen LogP contribution in [0.1, 0.15) is 184 Å². The van der Waals surface area contributed by atoms with Crippen molar-refractivity contribution in [2.45, 2.75) is 207 Å². The van der Waals surface area contributed by atoms with Crippen molar-refractivity contribution in [3.8, 4) is 5.75 Å². The number of Topliss-reactive ketones (excluding diaryl/α,β-unsaturated/α-hetero) is 1. The van der Waals surface area contributed by atoms with Gasteiger partial charge in [-0.1, -0.05) is 116 Å². The lowest BCUT2D eigenvalue weighted by atomic mass is 10.0. The summed E-state index contributed by atoms with van der Waals surface area (Å²) in [5.74, 6) is -0.870. The minimum atomic E-state index is -0.708. The first-order valence-electron chi connectivity index (χ1n) is 17.8. The van der Waals surface area contributed by atoms with Gasteiger partial charge >= 0.3 is 17.9 Å². The number of allylic oxidation sites excluding steroid dienone is 3. The standard InChI is InChI=1S/C40H60O9.9CH4.B.H2/c1-6-9-12-14-15-18-25-37(48-38(42)29-34(45-5)26-27-46-33-22-19-16-20-23-33)31-40(44)49-36(24-17-13-10-7-2)30-39(43)47-35(21-11-8-3)28-32(4)41;;;;;;;;;;;/h6-8,16,19-20,22-23,34-37H,1-3,9-15,17-18,21,24-31H2,4-5H3;9*1H4;;1H/i;;;;;;;;;;;1+1. The molecule has 0 aliphatic carbocycles. The van der Waals surface area contributed by atoms with Gasteiger partial charge in [0, 0.05) is 29.8 Å². The highest BCUT2D eigenvalue weighted by Gasteiger charge is 2.26. The highest BCUT2D eigenvalue weighted by atomic mass is 16.6. The third-order valence-corrected chi connectivity index (χ3v) is 7.94. The second-order valence-corrected chi connectivity index (χ2v) is 12.4. The van der Waals surface area contributed by atoms with Crippen LogP contribution in [0.4, 0.5) is 0 Å². The first-order valence-corrected chi connectivity index (χ1v) is 17.8. The molecule has 0 N–H and O–H groups in total. The molecule has 1 aromatic carbocycles. The van der Waals surface area contributed by atoms with Crippen LogP contribution in [0.25, 0.3) is 0 Å². The molecule has 3 radical (unpaired) electrons. The molecule has 0 fully saturated rings. The number of carbonyl (C=O) groups is 4. The highest BCUT2D eigenvalue weighted by molar-refractivity contribution is 5.77. The Balaban J connectivity index is -0.000000243. The number of unbranched alkanes of at least 4 members (excludes halogenated alkanes) is 6. The van der Waals surface area contributed by atoms with Crippen LogP contribution in [-0.2, 0) is 38.1 Å². The number of benzene rings is 1. The van der Waals surface area contributed by atoms with Gasteiger partial charge in [0.1, 0.15) is 29.8 Å². The maximum atomic E-state index is 13.3. The number of ether oxygens (including phenoxy) is 5. The van der Waals surface area contributed by atoms with Gasteiger partial charge in [-0.05, 0) is 83.3 Å². The fraction of sp³-hybridized carbons (Fsp3) is 0.673. The molecule has 0 saturated heterocycles. The number of para-hydroxylation sites is 1. The van der Waals surface area contributed by atoms with Crippen LogP contribution in [0.15, 0.2) is 68.3 Å². The van der Waals surface area contributed by atoms with E-state index in [0.29, 0.717) is 38.7 Å². The van der Waals surface area contributed by atoms with E-state index in [4.69, 9.17) is 23.7 Å². The van der Waals surface area contributed by atoms with Gasteiger partial charge < -0.3 is 23.7 Å². The molecule has 0 aromatic heterocycles. The molecule has 0 bridgehead atoms. The lowest BCUT2D eigenvalue weighted by Crippen LogP contribution is -2.30. The lowest BCUT2D eigenvalue weighted by Gasteiger charge is -2.23. The van der Waals surface area contributed by atoms with Gasteiger partial charge in [0.2, 0.25) is 0 Å². The van der Waals surface area contributed by atoms with Crippen molar-refractivity contribution in [3.63, 3.8) is 0 Å². The molecular weight excluding hydrogens is 743 g/mol. The van der Waals surface area contributed by atoms with Crippen molar-refractivity contribution >= 4 is 32.1 Å². The van der Waals surface area contributed by atoms with E-state index in [1.54, 1.807) is 13.2 Å². The number of hydrogen-bond acceptors (Lipinski definition) is 9. The Bertz CT molecular complexity index is 1120. The summed E-state index contributed by atoms with van der Waals surface area (Å²) in [6.45, 7) is 13.0. The van der Waals surface area contributed by atoms with Crippen LogP contribution in [0, 0.1) is 0 Å². The van der Waals surface area contributed by atoms with E-state index in [-0.39, 0.29) is 108 Å². The van der Waals surface area contributed by atoms with E-state index in [1.165, 1.54) is 6.92 Å². The molecule has 1 aromatic rings. The fourth-order valence-corrected chi connectivity index (χ4v) is 5.30. The van der Waals surface area contributed by atoms with E-state index < -0.39 is 42.3 Å². The summed E-state index contributed by atoms with van der Waals surface area (Å²) in [5.41, 5.74) is 0. The van der Waals surface area contributed by atoms with Crippen LogP contribution >= 0.6 is 0 Å². The first-order chi connectivity index (χ1) is 23.7. The Morgan fingerprint density at radius 1 is 0.542 bits per heavy atom. The van der Waals surface area contributed by atoms with Crippen molar-refractivity contribution < 1.29 is 44.3 Å². The summed E-state index contributed by atoms with van der Waals surface area (Å²) < 4.78 is 28.5. The Kier molecular flexibility index (Phi) is 70.6. The van der Waals surface area contributed by atoms with Gasteiger partial charge in [0.15, 0.2) is 0 Å². The molecule has 0 aliphatic rings. The molecule has 59 heavy (non-hydrogen) atoms. The Labute approximate surface area is 370 Å². The molecule has 0 heterocycles. The van der Waals surface area contributed by atoms with Crippen molar-refractivity contribution in [3.05, 3.63) is 68.3 Å². The fourth-order valence-electron chi connectivity index (χ4n) is 5.30. The van der Waals surface area contributed by atoms with Crippen molar-refractivity contribution in [1.29, 1.82) is 0 Å². The minimum absolute atomic E-state index is 0. The van der Waals surface area contributed by atoms with Gasteiger partial charge in [0.05, 0.1) is 32.0 Å². The number of carbonyl (C=O) groups excluding carboxylic acids is 4. The van der Waals surface area contributed by atoms with E-state index in [9.17, 15) is 19.2 Å². The highest BCUT2D eigenvalue weighted by Crippen LogP contribution is 2.20. The quantitative estimate of drug-likeness (QED) is 0.0237. The van der Waals surface area contributed by atoms with Crippen LogP contribution in [0.5, 0.6) is 5.75 Å². The monoisotopic (exact) mass is 843 g/mol. The van der Waals surface area contributed by atoms with E-state index in [2.05, 4.69) is 19.7 Å². The molecule has 4 unspecified atom stereocenters. The van der Waals surface area contributed by atoms with Gasteiger partial charge in [0.25, 0.3) is 0 Å². The number of methoxy groups -OCH3 is 1. The lowest BCUT2D eigenvalue weighted by molar-refractivity contribution is -0.162. The molecule has 0 spiro atoms. The van der Waals surface area contributed by atoms with E-state index in [0.717, 1.165) is 57.1 Å². The number of ketones is 1. The molecule has 351 valence electrons. The number of hydrogen-bond donors (Lipinski definition) is 0. The third-order valence-electron chi connectivity index (χ3n) is 7.94. The van der Waals surface area contributed by atoms with Crippen LogP contribution in [0.2, 0.25) is 0 Å². The number of esters is 3. The van der Waals surface area contributed by atoms with Crippen molar-refractivity contribution in [2.75, 3.05) is 13.7 Å². The van der Waals surface area contributed by atoms with E-state index in [1.807, 2.05) is 42.5 Å². The smallest absolute Gasteiger partial charge is 0.309 e. The maximum absolute atomic E-state index is 13.3. The maximum Gasteiger partial charge on any atom is 0.309 e. The SMILES string of the molecule is C.C.C.C.C.C.C.C.C.C=CCCCCCCC(CC(=O)OC(CCCCC=C)CC(=O)OC(CCC=C)CC(C)=O)OC(=O)CC(CCOc1ccccc1)OC.[2HH].[B]. The van der Waals surface area contributed by atoms with Crippen LogP contribution in [-0.4, -0.2) is 70.2 Å². The van der Waals surface area contributed by atoms with Gasteiger partial charge in [-0.2, -0.15) is 0 Å². The Morgan fingerprint density at radius 2 is 0.932 bits per heavy atom. The predicted octanol–water partition coefficient (Wildman–Crippen LogP) is 14.2. The van der Waals surface area contributed by atoms with Crippen molar-refractivity contribution in [1.82, 2.24) is 0 Å². The van der Waals surface area contributed by atoms with Crippen LogP contribution < -0.4 is 4.74 Å². The van der Waals surface area contributed by atoms with Gasteiger partial charge in [-0.3, -0.25) is 19.2 Å². The molecule has 9 nitrogen and oxygen atoms in total.